The van der Waals surface area contributed by atoms with Crippen LogP contribution in [0.2, 0.25) is 0 Å². The SMILES string of the molecule is CCSCc1nccc(N)c1C. The minimum absolute atomic E-state index is 0.844. The van der Waals surface area contributed by atoms with Gasteiger partial charge in [-0.1, -0.05) is 6.92 Å². The second-order valence-corrected chi connectivity index (χ2v) is 3.88. The van der Waals surface area contributed by atoms with E-state index in [-0.39, 0.29) is 0 Å². The Balaban J connectivity index is 2.78. The Morgan fingerprint density at radius 2 is 2.33 bits per heavy atom. The Morgan fingerprint density at radius 3 is 3.00 bits per heavy atom. The molecule has 0 saturated heterocycles. The zero-order valence-electron chi connectivity index (χ0n) is 7.50. The third kappa shape index (κ3) is 2.14. The molecule has 12 heavy (non-hydrogen) atoms. The van der Waals surface area contributed by atoms with Gasteiger partial charge in [-0.2, -0.15) is 11.8 Å². The summed E-state index contributed by atoms with van der Waals surface area (Å²) < 4.78 is 0. The lowest BCUT2D eigenvalue weighted by Crippen LogP contribution is -1.97. The Hall–Kier alpha value is -0.700. The van der Waals surface area contributed by atoms with Crippen LogP contribution in [0.5, 0.6) is 0 Å². The van der Waals surface area contributed by atoms with Crippen molar-refractivity contribution in [1.29, 1.82) is 0 Å². The molecular weight excluding hydrogens is 168 g/mol. The van der Waals surface area contributed by atoms with Crippen molar-refractivity contribution in [3.63, 3.8) is 0 Å². The summed E-state index contributed by atoms with van der Waals surface area (Å²) in [6, 6.07) is 1.84. The third-order valence-corrected chi connectivity index (χ3v) is 2.68. The minimum atomic E-state index is 0.844. The van der Waals surface area contributed by atoms with Crippen molar-refractivity contribution in [2.45, 2.75) is 19.6 Å². The Morgan fingerprint density at radius 1 is 1.58 bits per heavy atom. The molecule has 0 saturated carbocycles. The number of nitrogen functional groups attached to an aromatic ring is 1. The van der Waals surface area contributed by atoms with E-state index in [1.54, 1.807) is 6.20 Å². The van der Waals surface area contributed by atoms with Gasteiger partial charge in [0.25, 0.3) is 0 Å². The lowest BCUT2D eigenvalue weighted by molar-refractivity contribution is 1.13. The van der Waals surface area contributed by atoms with Crippen LogP contribution in [0.25, 0.3) is 0 Å². The van der Waals surface area contributed by atoms with Crippen LogP contribution in [0, 0.1) is 6.92 Å². The van der Waals surface area contributed by atoms with Crippen LogP contribution in [-0.4, -0.2) is 10.7 Å². The molecule has 0 spiro atoms. The number of rotatable bonds is 3. The van der Waals surface area contributed by atoms with E-state index in [1.807, 2.05) is 24.8 Å². The number of thioether (sulfide) groups is 1. The van der Waals surface area contributed by atoms with Gasteiger partial charge in [0.1, 0.15) is 0 Å². The molecule has 0 bridgehead atoms. The predicted octanol–water partition coefficient (Wildman–Crippen LogP) is 2.23. The lowest BCUT2D eigenvalue weighted by Gasteiger charge is -2.05. The summed E-state index contributed by atoms with van der Waals surface area (Å²) in [5, 5.41) is 0. The van der Waals surface area contributed by atoms with Gasteiger partial charge < -0.3 is 5.73 Å². The molecule has 0 aromatic carbocycles. The van der Waals surface area contributed by atoms with E-state index in [0.717, 1.165) is 28.5 Å². The van der Waals surface area contributed by atoms with Crippen molar-refractivity contribution in [3.8, 4) is 0 Å². The molecule has 0 atom stereocenters. The van der Waals surface area contributed by atoms with Gasteiger partial charge in [0.05, 0.1) is 5.69 Å². The number of hydrogen-bond donors (Lipinski definition) is 1. The van der Waals surface area contributed by atoms with Gasteiger partial charge in [0, 0.05) is 17.6 Å². The van der Waals surface area contributed by atoms with Crippen molar-refractivity contribution in [2.75, 3.05) is 11.5 Å². The monoisotopic (exact) mass is 182 g/mol. The van der Waals surface area contributed by atoms with Gasteiger partial charge in [-0.05, 0) is 24.3 Å². The number of aromatic nitrogens is 1. The second-order valence-electron chi connectivity index (χ2n) is 2.61. The molecule has 1 rings (SSSR count). The molecule has 1 aromatic rings. The van der Waals surface area contributed by atoms with Gasteiger partial charge in [-0.3, -0.25) is 4.98 Å². The maximum absolute atomic E-state index is 5.74. The molecular formula is C9H14N2S. The van der Waals surface area contributed by atoms with Crippen LogP contribution >= 0.6 is 11.8 Å². The van der Waals surface area contributed by atoms with Crippen molar-refractivity contribution in [1.82, 2.24) is 4.98 Å². The number of nitrogens with zero attached hydrogens (tertiary/aromatic N) is 1. The average Bonchev–Trinajstić information content (AvgIpc) is 2.08. The molecule has 0 aliphatic rings. The standard InChI is InChI=1S/C9H14N2S/c1-3-12-6-9-7(2)8(10)4-5-11-9/h4-5H,3,6H2,1-2H3,(H2,10,11). The van der Waals surface area contributed by atoms with Crippen molar-refractivity contribution in [2.24, 2.45) is 0 Å². The fourth-order valence-corrected chi connectivity index (χ4v) is 1.63. The van der Waals surface area contributed by atoms with Crippen molar-refractivity contribution >= 4 is 17.4 Å². The fourth-order valence-electron chi connectivity index (χ4n) is 0.940. The molecule has 3 heteroatoms. The van der Waals surface area contributed by atoms with Crippen molar-refractivity contribution < 1.29 is 0 Å². The third-order valence-electron chi connectivity index (χ3n) is 1.79. The molecule has 2 nitrogen and oxygen atoms in total. The van der Waals surface area contributed by atoms with Crippen LogP contribution in [0.3, 0.4) is 0 Å². The molecule has 0 amide bonds. The summed E-state index contributed by atoms with van der Waals surface area (Å²) in [5.41, 5.74) is 8.82. The van der Waals surface area contributed by atoms with Gasteiger partial charge in [-0.15, -0.1) is 0 Å². The molecule has 2 N–H and O–H groups in total. The predicted molar refractivity (Wildman–Crippen MR) is 55.2 cm³/mol. The van der Waals surface area contributed by atoms with Crippen LogP contribution in [0.15, 0.2) is 12.3 Å². The number of nitrogens with two attached hydrogens (primary N) is 1. The van der Waals surface area contributed by atoms with Gasteiger partial charge in [-0.25, -0.2) is 0 Å². The zero-order valence-corrected chi connectivity index (χ0v) is 8.32. The first-order valence-electron chi connectivity index (χ1n) is 4.03. The smallest absolute Gasteiger partial charge is 0.0552 e. The highest BCUT2D eigenvalue weighted by molar-refractivity contribution is 7.98. The summed E-state index contributed by atoms with van der Waals surface area (Å²) in [6.07, 6.45) is 1.77. The topological polar surface area (TPSA) is 38.9 Å². The first kappa shape index (κ1) is 9.39. The fraction of sp³-hybridized carbons (Fsp3) is 0.444. The van der Waals surface area contributed by atoms with E-state index in [9.17, 15) is 0 Å². The summed E-state index contributed by atoms with van der Waals surface area (Å²) in [4.78, 5) is 4.28. The van der Waals surface area contributed by atoms with Crippen LogP contribution in [0.1, 0.15) is 18.2 Å². The van der Waals surface area contributed by atoms with E-state index in [1.165, 1.54) is 0 Å². The normalized spacial score (nSPS) is 10.2. The maximum atomic E-state index is 5.74. The Labute approximate surface area is 77.6 Å². The molecule has 0 radical (unpaired) electrons. The quantitative estimate of drug-likeness (QED) is 0.779. The average molecular weight is 182 g/mol. The van der Waals surface area contributed by atoms with Crippen LogP contribution in [-0.2, 0) is 5.75 Å². The second kappa shape index (κ2) is 4.36. The summed E-state index contributed by atoms with van der Waals surface area (Å²) in [5.74, 6) is 2.09. The van der Waals surface area contributed by atoms with Gasteiger partial charge in [0.2, 0.25) is 0 Å². The van der Waals surface area contributed by atoms with E-state index in [4.69, 9.17) is 5.73 Å². The number of anilines is 1. The highest BCUT2D eigenvalue weighted by Crippen LogP contribution is 2.17. The lowest BCUT2D eigenvalue weighted by atomic mass is 10.2. The van der Waals surface area contributed by atoms with E-state index >= 15 is 0 Å². The first-order valence-corrected chi connectivity index (χ1v) is 5.19. The zero-order chi connectivity index (χ0) is 8.97. The van der Waals surface area contributed by atoms with Crippen LogP contribution < -0.4 is 5.73 Å². The van der Waals surface area contributed by atoms with E-state index in [0.29, 0.717) is 0 Å². The number of pyridine rings is 1. The van der Waals surface area contributed by atoms with Crippen molar-refractivity contribution in [3.05, 3.63) is 23.5 Å². The number of hydrogen-bond acceptors (Lipinski definition) is 3. The maximum Gasteiger partial charge on any atom is 0.0552 e. The Bertz CT molecular complexity index is 261. The van der Waals surface area contributed by atoms with Gasteiger partial charge >= 0.3 is 0 Å². The molecule has 66 valence electrons. The first-order chi connectivity index (χ1) is 5.75. The largest absolute Gasteiger partial charge is 0.398 e. The van der Waals surface area contributed by atoms with E-state index in [2.05, 4.69) is 11.9 Å². The highest BCUT2D eigenvalue weighted by Gasteiger charge is 2.01. The molecule has 0 unspecified atom stereocenters. The molecule has 0 aliphatic heterocycles. The summed E-state index contributed by atoms with van der Waals surface area (Å²) in [7, 11) is 0. The molecule has 1 aromatic heterocycles. The minimum Gasteiger partial charge on any atom is -0.398 e. The highest BCUT2D eigenvalue weighted by atomic mass is 32.2. The molecule has 1 heterocycles. The summed E-state index contributed by atoms with van der Waals surface area (Å²) in [6.45, 7) is 4.17. The Kier molecular flexibility index (Phi) is 3.41. The molecule has 0 aliphatic carbocycles. The summed E-state index contributed by atoms with van der Waals surface area (Å²) >= 11 is 1.87. The molecule has 0 fully saturated rings. The van der Waals surface area contributed by atoms with E-state index < -0.39 is 0 Å². The van der Waals surface area contributed by atoms with Crippen LogP contribution in [0.4, 0.5) is 5.69 Å². The van der Waals surface area contributed by atoms with Gasteiger partial charge in [0.15, 0.2) is 0 Å².